The summed E-state index contributed by atoms with van der Waals surface area (Å²) in [5.74, 6) is -0.183. The zero-order chi connectivity index (χ0) is 15.3. The molecule has 1 aromatic carbocycles. The number of sulfonamides is 1. The van der Waals surface area contributed by atoms with Gasteiger partial charge in [0.2, 0.25) is 15.9 Å². The Labute approximate surface area is 124 Å². The van der Waals surface area contributed by atoms with Gasteiger partial charge in [-0.25, -0.2) is 13.1 Å². The largest absolute Gasteiger partial charge is 0.368 e. The Balaban J connectivity index is 1.93. The Hall–Kier alpha value is -1.44. The zero-order valence-electron chi connectivity index (χ0n) is 12.0. The summed E-state index contributed by atoms with van der Waals surface area (Å²) >= 11 is 0. The minimum atomic E-state index is -3.29. The average molecular weight is 312 g/mol. The molecule has 6 nitrogen and oxygen atoms in total. The van der Waals surface area contributed by atoms with Crippen molar-refractivity contribution in [3.8, 4) is 0 Å². The van der Waals surface area contributed by atoms with Gasteiger partial charge in [0.1, 0.15) is 6.10 Å². The van der Waals surface area contributed by atoms with Gasteiger partial charge in [0.15, 0.2) is 0 Å². The van der Waals surface area contributed by atoms with Gasteiger partial charge in [-0.15, -0.1) is 0 Å². The highest BCUT2D eigenvalue weighted by Gasteiger charge is 2.23. The number of benzene rings is 1. The van der Waals surface area contributed by atoms with Crippen molar-refractivity contribution in [1.29, 1.82) is 0 Å². The second-order valence-electron chi connectivity index (χ2n) is 5.00. The van der Waals surface area contributed by atoms with Crippen LogP contribution in [0.2, 0.25) is 0 Å². The Bertz CT molecular complexity index is 595. The lowest BCUT2D eigenvalue weighted by atomic mass is 10.1. The molecule has 1 heterocycles. The Kier molecular flexibility index (Phi) is 5.33. The van der Waals surface area contributed by atoms with Crippen molar-refractivity contribution in [2.24, 2.45) is 0 Å². The lowest BCUT2D eigenvalue weighted by molar-refractivity contribution is -0.130. The summed E-state index contributed by atoms with van der Waals surface area (Å²) in [6.07, 6.45) is 1.32. The monoisotopic (exact) mass is 312 g/mol. The molecule has 0 spiro atoms. The molecule has 21 heavy (non-hydrogen) atoms. The molecule has 1 atom stereocenters. The lowest BCUT2D eigenvalue weighted by Crippen LogP contribution is -2.33. The third-order valence-corrected chi connectivity index (χ3v) is 4.68. The van der Waals surface area contributed by atoms with Gasteiger partial charge in [-0.05, 0) is 31.0 Å². The van der Waals surface area contributed by atoms with Gasteiger partial charge < -0.3 is 10.1 Å². The van der Waals surface area contributed by atoms with E-state index in [-0.39, 0.29) is 17.8 Å². The van der Waals surface area contributed by atoms with Gasteiger partial charge in [0.05, 0.1) is 5.75 Å². The van der Waals surface area contributed by atoms with E-state index in [1.165, 1.54) is 7.05 Å². The summed E-state index contributed by atoms with van der Waals surface area (Å²) in [6.45, 7) is 1.00. The fraction of sp³-hybridized carbons (Fsp3) is 0.500. The highest BCUT2D eigenvalue weighted by molar-refractivity contribution is 7.88. The average Bonchev–Trinajstić information content (AvgIpc) is 2.99. The van der Waals surface area contributed by atoms with Crippen LogP contribution in [0.15, 0.2) is 24.3 Å². The molecule has 0 aliphatic carbocycles. The van der Waals surface area contributed by atoms with Crippen LogP contribution in [0.1, 0.15) is 24.0 Å². The van der Waals surface area contributed by atoms with Crippen molar-refractivity contribution in [2.45, 2.75) is 31.2 Å². The van der Waals surface area contributed by atoms with E-state index in [0.29, 0.717) is 18.7 Å². The molecule has 0 aromatic heterocycles. The molecule has 116 valence electrons. The summed E-state index contributed by atoms with van der Waals surface area (Å²) in [5.41, 5.74) is 1.55. The minimum absolute atomic E-state index is 0.0724. The van der Waals surface area contributed by atoms with Crippen LogP contribution in [0.5, 0.6) is 0 Å². The second kappa shape index (κ2) is 7.02. The topological polar surface area (TPSA) is 84.5 Å². The molecule has 1 aliphatic rings. The van der Waals surface area contributed by atoms with E-state index in [4.69, 9.17) is 4.74 Å². The van der Waals surface area contributed by atoms with Crippen molar-refractivity contribution < 1.29 is 17.9 Å². The number of rotatable bonds is 6. The Morgan fingerprint density at radius 1 is 1.38 bits per heavy atom. The van der Waals surface area contributed by atoms with E-state index in [1.807, 2.05) is 6.07 Å². The minimum Gasteiger partial charge on any atom is -0.368 e. The molecule has 2 rings (SSSR count). The number of hydrogen-bond acceptors (Lipinski definition) is 4. The third kappa shape index (κ3) is 4.80. The molecule has 7 heteroatoms. The predicted molar refractivity (Wildman–Crippen MR) is 78.9 cm³/mol. The number of carbonyl (C=O) groups excluding carboxylic acids is 1. The van der Waals surface area contributed by atoms with Gasteiger partial charge in [0, 0.05) is 13.2 Å². The van der Waals surface area contributed by atoms with Gasteiger partial charge >= 0.3 is 0 Å². The third-order valence-electron chi connectivity index (χ3n) is 3.35. The Morgan fingerprint density at radius 2 is 2.14 bits per heavy atom. The highest BCUT2D eigenvalue weighted by Crippen LogP contribution is 2.13. The second-order valence-corrected chi connectivity index (χ2v) is 6.93. The molecule has 1 aliphatic heterocycles. The van der Waals surface area contributed by atoms with Crippen LogP contribution in [0.4, 0.5) is 0 Å². The number of nitrogens with one attached hydrogen (secondary N) is 2. The van der Waals surface area contributed by atoms with E-state index < -0.39 is 10.0 Å². The van der Waals surface area contributed by atoms with Gasteiger partial charge in [-0.3, -0.25) is 4.79 Å². The fourth-order valence-electron chi connectivity index (χ4n) is 2.21. The maximum Gasteiger partial charge on any atom is 0.249 e. The fourth-order valence-corrected chi connectivity index (χ4v) is 2.97. The molecular weight excluding hydrogens is 292 g/mol. The summed E-state index contributed by atoms with van der Waals surface area (Å²) in [7, 11) is -1.90. The predicted octanol–water partition coefficient (Wildman–Crippen LogP) is 0.531. The maximum atomic E-state index is 11.8. The van der Waals surface area contributed by atoms with Crippen LogP contribution >= 0.6 is 0 Å². The van der Waals surface area contributed by atoms with Gasteiger partial charge in [-0.1, -0.05) is 24.3 Å². The van der Waals surface area contributed by atoms with E-state index in [1.54, 1.807) is 18.2 Å². The van der Waals surface area contributed by atoms with E-state index >= 15 is 0 Å². The number of carbonyl (C=O) groups is 1. The number of ether oxygens (including phenoxy) is 1. The van der Waals surface area contributed by atoms with E-state index in [9.17, 15) is 13.2 Å². The van der Waals surface area contributed by atoms with Crippen LogP contribution in [0, 0.1) is 0 Å². The standard InChI is InChI=1S/C14H20N2O4S/c1-15-21(18,19)10-12-5-2-4-11(8-12)9-16-14(17)13-6-3-7-20-13/h2,4-5,8,13,15H,3,6-7,9-10H2,1H3,(H,16,17)/t13-/m0/s1. The summed E-state index contributed by atoms with van der Waals surface area (Å²) in [4.78, 5) is 11.8. The van der Waals surface area contributed by atoms with Gasteiger partial charge in [0.25, 0.3) is 0 Å². The molecule has 1 saturated heterocycles. The van der Waals surface area contributed by atoms with Crippen molar-refractivity contribution in [3.63, 3.8) is 0 Å². The number of amides is 1. The van der Waals surface area contributed by atoms with Crippen LogP contribution in [0.25, 0.3) is 0 Å². The van der Waals surface area contributed by atoms with Crippen LogP contribution < -0.4 is 10.0 Å². The summed E-state index contributed by atoms with van der Waals surface area (Å²) in [6, 6.07) is 7.17. The summed E-state index contributed by atoms with van der Waals surface area (Å²) in [5, 5.41) is 2.82. The molecule has 0 radical (unpaired) electrons. The zero-order valence-corrected chi connectivity index (χ0v) is 12.8. The lowest BCUT2D eigenvalue weighted by Gasteiger charge is -2.11. The van der Waals surface area contributed by atoms with Crippen molar-refractivity contribution >= 4 is 15.9 Å². The maximum absolute atomic E-state index is 11.8. The molecule has 1 aromatic rings. The summed E-state index contributed by atoms with van der Waals surface area (Å²) < 4.78 is 30.6. The molecule has 0 saturated carbocycles. The van der Waals surface area contributed by atoms with Crippen molar-refractivity contribution in [2.75, 3.05) is 13.7 Å². The SMILES string of the molecule is CNS(=O)(=O)Cc1cccc(CNC(=O)[C@@H]2CCCO2)c1. The highest BCUT2D eigenvalue weighted by atomic mass is 32.2. The molecule has 2 N–H and O–H groups in total. The van der Waals surface area contributed by atoms with Crippen molar-refractivity contribution in [1.82, 2.24) is 10.0 Å². The normalized spacial score (nSPS) is 18.6. The molecular formula is C14H20N2O4S. The van der Waals surface area contributed by atoms with Gasteiger partial charge in [-0.2, -0.15) is 0 Å². The van der Waals surface area contributed by atoms with Crippen LogP contribution in [0.3, 0.4) is 0 Å². The molecule has 1 fully saturated rings. The first kappa shape index (κ1) is 15.9. The first-order chi connectivity index (χ1) is 10.00. The van der Waals surface area contributed by atoms with E-state index in [0.717, 1.165) is 18.4 Å². The van der Waals surface area contributed by atoms with Crippen LogP contribution in [-0.2, 0) is 31.9 Å². The van der Waals surface area contributed by atoms with E-state index in [2.05, 4.69) is 10.0 Å². The first-order valence-corrected chi connectivity index (χ1v) is 8.54. The quantitative estimate of drug-likeness (QED) is 0.802. The smallest absolute Gasteiger partial charge is 0.249 e. The first-order valence-electron chi connectivity index (χ1n) is 6.88. The molecule has 1 amide bonds. The van der Waals surface area contributed by atoms with Crippen molar-refractivity contribution in [3.05, 3.63) is 35.4 Å². The molecule has 0 bridgehead atoms. The number of hydrogen-bond donors (Lipinski definition) is 2. The van der Waals surface area contributed by atoms with Crippen LogP contribution in [-0.4, -0.2) is 34.1 Å². The molecule has 0 unspecified atom stereocenters. The Morgan fingerprint density at radius 3 is 2.81 bits per heavy atom.